The van der Waals surface area contributed by atoms with Crippen LogP contribution in [0.5, 0.6) is 0 Å². The molecule has 106 valence electrons. The van der Waals surface area contributed by atoms with Crippen LogP contribution in [0.15, 0.2) is 35.0 Å². The molecule has 0 fully saturated rings. The van der Waals surface area contributed by atoms with Gasteiger partial charge in [-0.25, -0.2) is 0 Å². The van der Waals surface area contributed by atoms with Crippen LogP contribution in [-0.2, 0) is 6.42 Å². The molecule has 1 aromatic carbocycles. The van der Waals surface area contributed by atoms with Crippen LogP contribution in [0.4, 0.5) is 0 Å². The van der Waals surface area contributed by atoms with E-state index in [-0.39, 0.29) is 18.6 Å². The topological polar surface area (TPSA) is 49.3 Å². The maximum atomic E-state index is 12.2. The molecule has 0 saturated carbocycles. The second kappa shape index (κ2) is 6.68. The molecule has 0 bridgehead atoms. The Kier molecular flexibility index (Phi) is 4.93. The van der Waals surface area contributed by atoms with Gasteiger partial charge in [0, 0.05) is 5.38 Å². The van der Waals surface area contributed by atoms with E-state index >= 15 is 0 Å². The van der Waals surface area contributed by atoms with Gasteiger partial charge >= 0.3 is 0 Å². The molecule has 0 radical (unpaired) electrons. The highest BCUT2D eigenvalue weighted by molar-refractivity contribution is 7.08. The van der Waals surface area contributed by atoms with Crippen LogP contribution < -0.4 is 5.32 Å². The molecule has 0 aliphatic rings. The Morgan fingerprint density at radius 3 is 2.50 bits per heavy atom. The summed E-state index contributed by atoms with van der Waals surface area (Å²) in [6.07, 6.45) is 0.977. The zero-order chi connectivity index (χ0) is 14.5. The predicted molar refractivity (Wildman–Crippen MR) is 82.2 cm³/mol. The fourth-order valence-corrected chi connectivity index (χ4v) is 2.88. The smallest absolute Gasteiger partial charge is 0.252 e. The summed E-state index contributed by atoms with van der Waals surface area (Å²) < 4.78 is 0. The van der Waals surface area contributed by atoms with Crippen molar-refractivity contribution in [3.8, 4) is 0 Å². The third-order valence-corrected chi connectivity index (χ3v) is 4.24. The van der Waals surface area contributed by atoms with E-state index in [2.05, 4.69) is 12.2 Å². The minimum Gasteiger partial charge on any atom is -0.394 e. The van der Waals surface area contributed by atoms with E-state index in [1.807, 2.05) is 41.9 Å². The number of aliphatic hydroxyl groups is 1. The monoisotopic (exact) mass is 289 g/mol. The van der Waals surface area contributed by atoms with Crippen molar-refractivity contribution < 1.29 is 9.90 Å². The van der Waals surface area contributed by atoms with Crippen LogP contribution in [-0.4, -0.2) is 17.6 Å². The van der Waals surface area contributed by atoms with E-state index < -0.39 is 0 Å². The molecule has 4 heteroatoms. The molecule has 2 N–H and O–H groups in total. The Labute approximate surface area is 123 Å². The zero-order valence-corrected chi connectivity index (χ0v) is 12.5. The van der Waals surface area contributed by atoms with Gasteiger partial charge in [0.25, 0.3) is 5.91 Å². The molecule has 3 nitrogen and oxygen atoms in total. The molecule has 1 atom stereocenters. The number of benzene rings is 1. The minimum absolute atomic E-state index is 0.111. The van der Waals surface area contributed by atoms with Gasteiger partial charge in [-0.2, -0.15) is 11.3 Å². The molecule has 20 heavy (non-hydrogen) atoms. The van der Waals surface area contributed by atoms with Gasteiger partial charge in [0.15, 0.2) is 0 Å². The Morgan fingerprint density at radius 1 is 1.30 bits per heavy atom. The SMILES string of the molecule is CCc1ccc(C(CO)NC(=O)c2cscc2C)cc1. The molecule has 2 aromatic rings. The normalized spacial score (nSPS) is 12.2. The van der Waals surface area contributed by atoms with Gasteiger partial charge in [0.1, 0.15) is 0 Å². The average Bonchev–Trinajstić information content (AvgIpc) is 2.91. The van der Waals surface area contributed by atoms with Crippen LogP contribution in [0.3, 0.4) is 0 Å². The lowest BCUT2D eigenvalue weighted by molar-refractivity contribution is 0.0916. The number of hydrogen-bond acceptors (Lipinski definition) is 3. The van der Waals surface area contributed by atoms with Crippen molar-refractivity contribution in [3.05, 3.63) is 57.3 Å². The summed E-state index contributed by atoms with van der Waals surface area (Å²) in [6.45, 7) is 3.90. The van der Waals surface area contributed by atoms with E-state index in [0.717, 1.165) is 17.5 Å². The predicted octanol–water partition coefficient (Wildman–Crippen LogP) is 3.08. The molecule has 0 saturated heterocycles. The van der Waals surface area contributed by atoms with Gasteiger partial charge in [0.2, 0.25) is 0 Å². The first-order chi connectivity index (χ1) is 9.65. The number of amides is 1. The lowest BCUT2D eigenvalue weighted by Crippen LogP contribution is -2.30. The first-order valence-corrected chi connectivity index (χ1v) is 7.63. The minimum atomic E-state index is -0.368. The fraction of sp³-hybridized carbons (Fsp3) is 0.312. The second-order valence-electron chi connectivity index (χ2n) is 4.77. The summed E-state index contributed by atoms with van der Waals surface area (Å²) in [7, 11) is 0. The lowest BCUT2D eigenvalue weighted by Gasteiger charge is -2.17. The van der Waals surface area contributed by atoms with Gasteiger partial charge in [-0.15, -0.1) is 0 Å². The Bertz CT molecular complexity index is 574. The van der Waals surface area contributed by atoms with Crippen LogP contribution >= 0.6 is 11.3 Å². The van der Waals surface area contributed by atoms with Gasteiger partial charge < -0.3 is 10.4 Å². The zero-order valence-electron chi connectivity index (χ0n) is 11.7. The van der Waals surface area contributed by atoms with E-state index in [9.17, 15) is 9.90 Å². The number of aryl methyl sites for hydroxylation is 2. The van der Waals surface area contributed by atoms with Gasteiger partial charge in [0.05, 0.1) is 18.2 Å². The number of nitrogens with one attached hydrogen (secondary N) is 1. The van der Waals surface area contributed by atoms with E-state index in [1.54, 1.807) is 0 Å². The quantitative estimate of drug-likeness (QED) is 0.888. The summed E-state index contributed by atoms with van der Waals surface area (Å²) in [4.78, 5) is 12.2. The number of aliphatic hydroxyl groups excluding tert-OH is 1. The highest BCUT2D eigenvalue weighted by Crippen LogP contribution is 2.17. The van der Waals surface area contributed by atoms with Crippen LogP contribution in [0.1, 0.15) is 40.0 Å². The molecule has 1 unspecified atom stereocenters. The van der Waals surface area contributed by atoms with Crippen molar-refractivity contribution in [2.24, 2.45) is 0 Å². The number of hydrogen-bond donors (Lipinski definition) is 2. The van der Waals surface area contributed by atoms with Crippen molar-refractivity contribution in [1.29, 1.82) is 0 Å². The van der Waals surface area contributed by atoms with Crippen molar-refractivity contribution in [2.75, 3.05) is 6.61 Å². The van der Waals surface area contributed by atoms with Gasteiger partial charge in [-0.05, 0) is 35.4 Å². The molecule has 1 amide bonds. The van der Waals surface area contributed by atoms with Crippen molar-refractivity contribution in [2.45, 2.75) is 26.3 Å². The van der Waals surface area contributed by atoms with Crippen LogP contribution in [0, 0.1) is 6.92 Å². The first-order valence-electron chi connectivity index (χ1n) is 6.69. The van der Waals surface area contributed by atoms with E-state index in [1.165, 1.54) is 16.9 Å². The summed E-state index contributed by atoms with van der Waals surface area (Å²) in [5.74, 6) is -0.137. The molecule has 1 aromatic heterocycles. The van der Waals surface area contributed by atoms with Gasteiger partial charge in [-0.3, -0.25) is 4.79 Å². The molecule has 0 spiro atoms. The molecule has 0 aliphatic heterocycles. The standard InChI is InChI=1S/C16H19NO2S/c1-3-12-4-6-13(7-5-12)15(8-18)17-16(19)14-10-20-9-11(14)2/h4-7,9-10,15,18H,3,8H2,1-2H3,(H,17,19). The number of carbonyl (C=O) groups is 1. The van der Waals surface area contributed by atoms with Crippen molar-refractivity contribution >= 4 is 17.2 Å². The largest absolute Gasteiger partial charge is 0.394 e. The summed E-state index contributed by atoms with van der Waals surface area (Å²) in [5.41, 5.74) is 3.81. The highest BCUT2D eigenvalue weighted by atomic mass is 32.1. The lowest BCUT2D eigenvalue weighted by atomic mass is 10.0. The molecule has 2 rings (SSSR count). The summed E-state index contributed by atoms with van der Waals surface area (Å²) in [6, 6.07) is 7.61. The molecule has 0 aliphatic carbocycles. The maximum absolute atomic E-state index is 12.2. The van der Waals surface area contributed by atoms with Crippen molar-refractivity contribution in [1.82, 2.24) is 5.32 Å². The third kappa shape index (κ3) is 3.26. The fourth-order valence-electron chi connectivity index (χ4n) is 2.05. The Hall–Kier alpha value is -1.65. The Balaban J connectivity index is 2.12. The van der Waals surface area contributed by atoms with Crippen molar-refractivity contribution in [3.63, 3.8) is 0 Å². The number of carbonyl (C=O) groups excluding carboxylic acids is 1. The van der Waals surface area contributed by atoms with Crippen LogP contribution in [0.25, 0.3) is 0 Å². The molecular formula is C16H19NO2S. The van der Waals surface area contributed by atoms with E-state index in [0.29, 0.717) is 5.56 Å². The summed E-state index contributed by atoms with van der Waals surface area (Å²) >= 11 is 1.51. The third-order valence-electron chi connectivity index (χ3n) is 3.38. The van der Waals surface area contributed by atoms with Gasteiger partial charge in [-0.1, -0.05) is 31.2 Å². The average molecular weight is 289 g/mol. The highest BCUT2D eigenvalue weighted by Gasteiger charge is 2.16. The number of rotatable bonds is 5. The van der Waals surface area contributed by atoms with Crippen LogP contribution in [0.2, 0.25) is 0 Å². The summed E-state index contributed by atoms with van der Waals surface area (Å²) in [5, 5.41) is 16.2. The second-order valence-corrected chi connectivity index (χ2v) is 5.52. The molecule has 1 heterocycles. The number of thiophene rings is 1. The van der Waals surface area contributed by atoms with E-state index in [4.69, 9.17) is 0 Å². The Morgan fingerprint density at radius 2 is 2.00 bits per heavy atom. The molecular weight excluding hydrogens is 270 g/mol. The maximum Gasteiger partial charge on any atom is 0.252 e. The first kappa shape index (κ1) is 14.8.